The first-order valence-corrected chi connectivity index (χ1v) is 13.1. The zero-order valence-corrected chi connectivity index (χ0v) is 19.6. The lowest BCUT2D eigenvalue weighted by Gasteiger charge is -2.55. The molecule has 0 aromatic rings. The molecular formula is C23H48OS. The van der Waals surface area contributed by atoms with Crippen molar-refractivity contribution in [1.29, 1.82) is 0 Å². The second-order valence-electron chi connectivity index (χ2n) is 10.2. The van der Waals surface area contributed by atoms with Gasteiger partial charge in [-0.25, -0.2) is 10.0 Å². The largest absolute Gasteiger partial charge is 0.393 e. The van der Waals surface area contributed by atoms with Gasteiger partial charge in [0.2, 0.25) is 0 Å². The van der Waals surface area contributed by atoms with E-state index in [9.17, 15) is 5.11 Å². The summed E-state index contributed by atoms with van der Waals surface area (Å²) in [6, 6.07) is 0. The van der Waals surface area contributed by atoms with Gasteiger partial charge in [-0.05, 0) is 71.4 Å². The Bertz CT molecular complexity index is 403. The van der Waals surface area contributed by atoms with Crippen LogP contribution in [-0.4, -0.2) is 33.2 Å². The highest BCUT2D eigenvalue weighted by molar-refractivity contribution is 8.34. The van der Waals surface area contributed by atoms with Crippen molar-refractivity contribution in [2.75, 3.05) is 12.0 Å². The van der Waals surface area contributed by atoms with Crippen molar-refractivity contribution in [2.24, 2.45) is 17.3 Å². The first kappa shape index (κ1) is 23.3. The van der Waals surface area contributed by atoms with Crippen LogP contribution in [0.3, 0.4) is 0 Å². The van der Waals surface area contributed by atoms with E-state index in [1.54, 1.807) is 0 Å². The quantitative estimate of drug-likeness (QED) is 0.461. The lowest BCUT2D eigenvalue weighted by atomic mass is 9.62. The Morgan fingerprint density at radius 2 is 1.80 bits per heavy atom. The highest BCUT2D eigenvalue weighted by Crippen LogP contribution is 2.63. The minimum absolute atomic E-state index is 0.0659. The van der Waals surface area contributed by atoms with E-state index in [0.29, 0.717) is 16.1 Å². The van der Waals surface area contributed by atoms with Gasteiger partial charge in [-0.2, -0.15) is 0 Å². The third-order valence-electron chi connectivity index (χ3n) is 7.98. The average Bonchev–Trinajstić information content (AvgIpc) is 2.53. The van der Waals surface area contributed by atoms with Crippen LogP contribution in [0.15, 0.2) is 0 Å². The van der Waals surface area contributed by atoms with E-state index in [-0.39, 0.29) is 6.10 Å². The van der Waals surface area contributed by atoms with Gasteiger partial charge in [-0.1, -0.05) is 68.2 Å². The van der Waals surface area contributed by atoms with Crippen LogP contribution in [0.4, 0.5) is 0 Å². The van der Waals surface area contributed by atoms with Crippen LogP contribution in [0.25, 0.3) is 0 Å². The molecule has 1 aliphatic rings. The van der Waals surface area contributed by atoms with E-state index >= 15 is 0 Å². The lowest BCUT2D eigenvalue weighted by Crippen LogP contribution is -2.41. The van der Waals surface area contributed by atoms with Crippen molar-refractivity contribution in [1.82, 2.24) is 0 Å². The Morgan fingerprint density at radius 1 is 1.20 bits per heavy atom. The first-order chi connectivity index (χ1) is 11.4. The molecule has 1 fully saturated rings. The smallest absolute Gasteiger partial charge is 0.0543 e. The Labute approximate surface area is 161 Å². The number of rotatable bonds is 9. The highest BCUT2D eigenvalue weighted by Gasteiger charge is 2.43. The number of aliphatic hydroxyl groups excluding tert-OH is 1. The molecule has 1 rings (SSSR count). The Hall–Kier alpha value is 0.310. The van der Waals surface area contributed by atoms with E-state index in [0.717, 1.165) is 24.0 Å². The summed E-state index contributed by atoms with van der Waals surface area (Å²) >= 11 is 0. The predicted octanol–water partition coefficient (Wildman–Crippen LogP) is 7.01. The van der Waals surface area contributed by atoms with Gasteiger partial charge in [0.1, 0.15) is 0 Å². The maximum Gasteiger partial charge on any atom is 0.0543 e. The van der Waals surface area contributed by atoms with Crippen molar-refractivity contribution in [3.63, 3.8) is 0 Å². The van der Waals surface area contributed by atoms with E-state index in [2.05, 4.69) is 61.6 Å². The van der Waals surface area contributed by atoms with Gasteiger partial charge >= 0.3 is 0 Å². The summed E-state index contributed by atoms with van der Waals surface area (Å²) in [4.78, 5) is 0. The van der Waals surface area contributed by atoms with E-state index < -0.39 is 10.0 Å². The molecule has 0 aromatic heterocycles. The molecule has 0 bridgehead atoms. The summed E-state index contributed by atoms with van der Waals surface area (Å²) in [5.74, 6) is 2.78. The Morgan fingerprint density at radius 3 is 2.28 bits per heavy atom. The molecule has 0 heterocycles. The van der Waals surface area contributed by atoms with Crippen LogP contribution in [0.1, 0.15) is 100 Å². The van der Waals surface area contributed by atoms with Crippen LogP contribution >= 0.6 is 10.0 Å². The van der Waals surface area contributed by atoms with Crippen molar-refractivity contribution in [3.8, 4) is 0 Å². The Balaban J connectivity index is 2.98. The summed E-state index contributed by atoms with van der Waals surface area (Å²) in [5, 5.41) is 11.1. The van der Waals surface area contributed by atoms with Gasteiger partial charge < -0.3 is 5.11 Å². The molecule has 1 nitrogen and oxygen atoms in total. The monoisotopic (exact) mass is 372 g/mol. The van der Waals surface area contributed by atoms with Crippen molar-refractivity contribution < 1.29 is 5.11 Å². The molecular weight excluding hydrogens is 324 g/mol. The van der Waals surface area contributed by atoms with Gasteiger partial charge in [0.05, 0.1) is 6.10 Å². The molecule has 0 aromatic carbocycles. The van der Waals surface area contributed by atoms with Gasteiger partial charge in [-0.15, -0.1) is 0 Å². The van der Waals surface area contributed by atoms with Crippen LogP contribution < -0.4 is 0 Å². The van der Waals surface area contributed by atoms with Crippen LogP contribution in [0.5, 0.6) is 0 Å². The predicted molar refractivity (Wildman–Crippen MR) is 118 cm³/mol. The third-order valence-corrected chi connectivity index (χ3v) is 13.9. The molecule has 25 heavy (non-hydrogen) atoms. The summed E-state index contributed by atoms with van der Waals surface area (Å²) in [6.07, 6.45) is 11.0. The zero-order valence-electron chi connectivity index (χ0n) is 18.8. The maximum absolute atomic E-state index is 10.3. The molecule has 0 saturated heterocycles. The summed E-state index contributed by atoms with van der Waals surface area (Å²) in [7, 11) is -0.653. The lowest BCUT2D eigenvalue weighted by molar-refractivity contribution is -0.00348. The molecule has 0 spiro atoms. The average molecular weight is 373 g/mol. The van der Waals surface area contributed by atoms with Crippen molar-refractivity contribution >= 4 is 10.0 Å². The van der Waals surface area contributed by atoms with E-state index in [1.807, 2.05) is 0 Å². The molecule has 3 unspecified atom stereocenters. The number of hydrogen-bond acceptors (Lipinski definition) is 1. The number of hydrogen-bond donors (Lipinski definition) is 1. The second kappa shape index (κ2) is 9.00. The van der Waals surface area contributed by atoms with Crippen LogP contribution in [0, 0.1) is 17.3 Å². The summed E-state index contributed by atoms with van der Waals surface area (Å²) < 4.78 is 0.468. The van der Waals surface area contributed by atoms with Crippen LogP contribution in [0.2, 0.25) is 0 Å². The molecule has 1 N–H and O–H groups in total. The summed E-state index contributed by atoms with van der Waals surface area (Å²) in [6.45, 7) is 19.6. The maximum atomic E-state index is 10.3. The van der Waals surface area contributed by atoms with Gasteiger partial charge in [0.15, 0.2) is 0 Å². The zero-order chi connectivity index (χ0) is 19.5. The molecule has 2 heteroatoms. The first-order valence-electron chi connectivity index (χ1n) is 10.9. The fourth-order valence-electron chi connectivity index (χ4n) is 5.59. The SMILES string of the molecule is CCCC(C)(C)S(C)(CC)C(C)C[C@H](CC)C1C[C@H](O)CCC1(C)C. The van der Waals surface area contributed by atoms with Crippen LogP contribution in [-0.2, 0) is 0 Å². The van der Waals surface area contributed by atoms with E-state index in [4.69, 9.17) is 0 Å². The molecule has 0 amide bonds. The number of aliphatic hydroxyl groups is 1. The standard InChI is InChI=1S/C23H48OS/c1-10-14-23(7,8)25(9,12-3)18(4)16-19(11-2)21-17-20(24)13-15-22(21,5)6/h18-21,24H,10-17H2,1-9H3/t18?,19-,20+,21?/m0/s1. The fraction of sp³-hybridized carbons (Fsp3) is 1.00. The second-order valence-corrected chi connectivity index (χ2v) is 15.0. The van der Waals surface area contributed by atoms with E-state index in [1.165, 1.54) is 37.9 Å². The molecule has 0 aliphatic heterocycles. The molecule has 0 radical (unpaired) electrons. The van der Waals surface area contributed by atoms with Crippen molar-refractivity contribution in [3.05, 3.63) is 0 Å². The third kappa shape index (κ3) is 5.18. The van der Waals surface area contributed by atoms with Gasteiger partial charge in [-0.3, -0.25) is 0 Å². The fourth-order valence-corrected chi connectivity index (χ4v) is 9.38. The highest BCUT2D eigenvalue weighted by atomic mass is 32.3. The minimum Gasteiger partial charge on any atom is -0.393 e. The van der Waals surface area contributed by atoms with Gasteiger partial charge in [0, 0.05) is 0 Å². The Kier molecular flexibility index (Phi) is 8.41. The minimum atomic E-state index is -0.653. The van der Waals surface area contributed by atoms with Gasteiger partial charge in [0.25, 0.3) is 0 Å². The molecule has 1 aliphatic carbocycles. The normalized spacial score (nSPS) is 30.3. The molecule has 152 valence electrons. The topological polar surface area (TPSA) is 20.2 Å². The van der Waals surface area contributed by atoms with Crippen molar-refractivity contribution in [2.45, 2.75) is 116 Å². The molecule has 1 saturated carbocycles. The summed E-state index contributed by atoms with van der Waals surface area (Å²) in [5.41, 5.74) is 0.385. The molecule has 5 atom stereocenters.